The van der Waals surface area contributed by atoms with Crippen molar-refractivity contribution in [2.75, 3.05) is 19.6 Å². The monoisotopic (exact) mass is 396 g/mol. The number of carbonyl (C=O) groups excluding carboxylic acids is 1. The van der Waals surface area contributed by atoms with Crippen molar-refractivity contribution in [2.24, 2.45) is 0 Å². The van der Waals surface area contributed by atoms with E-state index in [1.807, 2.05) is 25.1 Å². The molecule has 3 aromatic rings. The summed E-state index contributed by atoms with van der Waals surface area (Å²) in [5, 5.41) is 11.0. The Bertz CT molecular complexity index is 1090. The van der Waals surface area contributed by atoms with Gasteiger partial charge < -0.3 is 15.2 Å². The minimum atomic E-state index is -0.364. The van der Waals surface area contributed by atoms with Gasteiger partial charge in [0.2, 0.25) is 0 Å². The molecule has 1 atom stereocenters. The summed E-state index contributed by atoms with van der Waals surface area (Å²) in [4.78, 5) is 30.6. The molecular formula is C21H28N6O2. The lowest BCUT2D eigenvalue weighted by molar-refractivity contribution is 0.0944. The summed E-state index contributed by atoms with van der Waals surface area (Å²) in [6.45, 7) is 6.87. The summed E-state index contributed by atoms with van der Waals surface area (Å²) in [5.41, 5.74) is 2.31. The number of H-pyrrole nitrogens is 1. The quantitative estimate of drug-likeness (QED) is 0.623. The average molecular weight is 396 g/mol. The maximum atomic E-state index is 12.6. The van der Waals surface area contributed by atoms with Crippen molar-refractivity contribution in [3.8, 4) is 0 Å². The molecule has 4 rings (SSSR count). The van der Waals surface area contributed by atoms with Gasteiger partial charge in [-0.3, -0.25) is 9.59 Å². The number of amides is 1. The molecule has 0 unspecified atom stereocenters. The molecule has 1 aromatic carbocycles. The highest BCUT2D eigenvalue weighted by molar-refractivity contribution is 5.99. The first-order valence-corrected chi connectivity index (χ1v) is 10.5. The van der Waals surface area contributed by atoms with Crippen LogP contribution in [0.15, 0.2) is 23.0 Å². The fourth-order valence-corrected chi connectivity index (χ4v) is 4.31. The number of aryl methyl sites for hydroxylation is 1. The van der Waals surface area contributed by atoms with Crippen LogP contribution in [0.1, 0.15) is 55.1 Å². The van der Waals surface area contributed by atoms with Crippen molar-refractivity contribution in [1.29, 1.82) is 0 Å². The molecule has 0 saturated carbocycles. The molecule has 2 N–H and O–H groups in total. The number of nitrogens with zero attached hydrogens (tertiary/aromatic N) is 4. The molecule has 3 heterocycles. The molecule has 1 saturated heterocycles. The van der Waals surface area contributed by atoms with E-state index in [2.05, 4.69) is 32.4 Å². The van der Waals surface area contributed by atoms with E-state index in [-0.39, 0.29) is 22.7 Å². The van der Waals surface area contributed by atoms with Crippen LogP contribution in [0.5, 0.6) is 0 Å². The van der Waals surface area contributed by atoms with Crippen molar-refractivity contribution in [3.63, 3.8) is 0 Å². The number of nitrogens with one attached hydrogen (secondary N) is 2. The van der Waals surface area contributed by atoms with Gasteiger partial charge in [0.25, 0.3) is 11.5 Å². The van der Waals surface area contributed by atoms with Crippen LogP contribution >= 0.6 is 0 Å². The molecular weight excluding hydrogens is 368 g/mol. The lowest BCUT2D eigenvalue weighted by atomic mass is 10.00. The van der Waals surface area contributed by atoms with Gasteiger partial charge in [-0.05, 0) is 56.8 Å². The normalized spacial score (nSPS) is 17.8. The number of likely N-dealkylation sites (tertiary alicyclic amines) is 1. The molecule has 1 aliphatic rings. The molecule has 8 heteroatoms. The zero-order valence-electron chi connectivity index (χ0n) is 17.1. The van der Waals surface area contributed by atoms with E-state index >= 15 is 0 Å². The molecule has 2 aromatic heterocycles. The summed E-state index contributed by atoms with van der Waals surface area (Å²) >= 11 is 0. The molecule has 154 valence electrons. The molecule has 0 radical (unpaired) electrons. The highest BCUT2D eigenvalue weighted by Gasteiger charge is 2.21. The van der Waals surface area contributed by atoms with E-state index in [0.29, 0.717) is 23.6 Å². The third-order valence-corrected chi connectivity index (χ3v) is 5.86. The summed E-state index contributed by atoms with van der Waals surface area (Å²) in [6, 6.07) is 6.34. The summed E-state index contributed by atoms with van der Waals surface area (Å²) < 4.78 is 1.45. The van der Waals surface area contributed by atoms with E-state index in [9.17, 15) is 9.59 Å². The number of rotatable bonds is 6. The number of fused-ring (bicyclic) bond motifs is 3. The van der Waals surface area contributed by atoms with Gasteiger partial charge in [-0.2, -0.15) is 0 Å². The minimum absolute atomic E-state index is 0.0677. The van der Waals surface area contributed by atoms with Crippen LogP contribution in [0.4, 0.5) is 0 Å². The Balaban J connectivity index is 1.45. The lowest BCUT2D eigenvalue weighted by Gasteiger charge is -2.35. The predicted molar refractivity (Wildman–Crippen MR) is 112 cm³/mol. The summed E-state index contributed by atoms with van der Waals surface area (Å²) in [5.74, 6) is -0.359. The van der Waals surface area contributed by atoms with Crippen molar-refractivity contribution in [3.05, 3.63) is 39.8 Å². The van der Waals surface area contributed by atoms with E-state index in [1.54, 1.807) is 0 Å². The van der Waals surface area contributed by atoms with Crippen molar-refractivity contribution >= 4 is 22.5 Å². The van der Waals surface area contributed by atoms with E-state index in [4.69, 9.17) is 0 Å². The number of hydrogen-bond acceptors (Lipinski definition) is 5. The Hall–Kier alpha value is -2.74. The van der Waals surface area contributed by atoms with Crippen molar-refractivity contribution in [2.45, 2.75) is 52.0 Å². The summed E-state index contributed by atoms with van der Waals surface area (Å²) in [6.07, 6.45) is 5.89. The predicted octanol–water partition coefficient (Wildman–Crippen LogP) is 2.26. The zero-order valence-corrected chi connectivity index (χ0v) is 17.1. The lowest BCUT2D eigenvalue weighted by Crippen LogP contribution is -2.40. The van der Waals surface area contributed by atoms with E-state index in [0.717, 1.165) is 25.1 Å². The fraction of sp³-hybridized carbons (Fsp3) is 0.524. The summed E-state index contributed by atoms with van der Waals surface area (Å²) in [7, 11) is 0. The maximum absolute atomic E-state index is 12.6. The average Bonchev–Trinajstić information content (AvgIpc) is 3.17. The van der Waals surface area contributed by atoms with E-state index < -0.39 is 0 Å². The highest BCUT2D eigenvalue weighted by Crippen LogP contribution is 2.19. The standard InChI is InChI=1S/C21H28N6O2/c1-3-15-7-4-5-11-26(15)12-6-10-22-20(28)18-19-21(29)23-16-13-14(2)8-9-17(16)27(19)25-24-18/h8-9,13,15H,3-7,10-12H2,1-2H3,(H,22,28)(H,23,29)/t15-/m1/s1. The number of benzene rings is 1. The fourth-order valence-electron chi connectivity index (χ4n) is 4.31. The van der Waals surface area contributed by atoms with Crippen LogP contribution in [0, 0.1) is 6.92 Å². The number of aromatic nitrogens is 4. The number of piperidine rings is 1. The second-order valence-electron chi connectivity index (χ2n) is 7.88. The molecule has 0 bridgehead atoms. The topological polar surface area (TPSA) is 95.4 Å². The van der Waals surface area contributed by atoms with E-state index in [1.165, 1.54) is 30.2 Å². The van der Waals surface area contributed by atoms with Crippen LogP contribution in [-0.2, 0) is 0 Å². The van der Waals surface area contributed by atoms with Gasteiger partial charge in [0, 0.05) is 19.1 Å². The maximum Gasteiger partial charge on any atom is 0.277 e. The Labute approximate surface area is 169 Å². The Morgan fingerprint density at radius 1 is 1.34 bits per heavy atom. The number of aromatic amines is 1. The molecule has 8 nitrogen and oxygen atoms in total. The number of carbonyl (C=O) groups is 1. The smallest absolute Gasteiger partial charge is 0.277 e. The van der Waals surface area contributed by atoms with Crippen LogP contribution in [0.2, 0.25) is 0 Å². The van der Waals surface area contributed by atoms with Crippen LogP contribution < -0.4 is 10.9 Å². The molecule has 1 amide bonds. The molecule has 0 aliphatic carbocycles. The number of hydrogen-bond donors (Lipinski definition) is 2. The largest absolute Gasteiger partial charge is 0.351 e. The van der Waals surface area contributed by atoms with Gasteiger partial charge in [0.05, 0.1) is 11.0 Å². The minimum Gasteiger partial charge on any atom is -0.351 e. The van der Waals surface area contributed by atoms with Gasteiger partial charge in [-0.25, -0.2) is 4.52 Å². The molecule has 29 heavy (non-hydrogen) atoms. The zero-order chi connectivity index (χ0) is 20.4. The van der Waals surface area contributed by atoms with Gasteiger partial charge in [0.1, 0.15) is 0 Å². The molecule has 1 aliphatic heterocycles. The SMILES string of the molecule is CC[C@@H]1CCCCN1CCCNC(=O)c1nnn2c1c(=O)[nH]c1cc(C)ccc12. The Morgan fingerprint density at radius 2 is 2.21 bits per heavy atom. The Morgan fingerprint density at radius 3 is 3.03 bits per heavy atom. The first kappa shape index (κ1) is 19.6. The van der Waals surface area contributed by atoms with Gasteiger partial charge in [0.15, 0.2) is 11.2 Å². The molecule has 0 spiro atoms. The first-order valence-electron chi connectivity index (χ1n) is 10.5. The van der Waals surface area contributed by atoms with Gasteiger partial charge in [-0.1, -0.05) is 24.6 Å². The first-order chi connectivity index (χ1) is 14.1. The second-order valence-corrected chi connectivity index (χ2v) is 7.88. The van der Waals surface area contributed by atoms with Crippen LogP contribution in [-0.4, -0.2) is 56.3 Å². The van der Waals surface area contributed by atoms with Crippen LogP contribution in [0.3, 0.4) is 0 Å². The van der Waals surface area contributed by atoms with Gasteiger partial charge in [-0.15, -0.1) is 5.10 Å². The van der Waals surface area contributed by atoms with Crippen molar-refractivity contribution < 1.29 is 4.79 Å². The van der Waals surface area contributed by atoms with Gasteiger partial charge >= 0.3 is 0 Å². The molecule has 1 fully saturated rings. The third-order valence-electron chi connectivity index (χ3n) is 5.86. The van der Waals surface area contributed by atoms with Crippen LogP contribution in [0.25, 0.3) is 16.6 Å². The van der Waals surface area contributed by atoms with Crippen molar-refractivity contribution in [1.82, 2.24) is 30.0 Å². The Kier molecular flexibility index (Phi) is 5.62. The third kappa shape index (κ3) is 3.89. The second kappa shape index (κ2) is 8.32. The highest BCUT2D eigenvalue weighted by atomic mass is 16.2.